The molecule has 6 heteroatoms. The highest BCUT2D eigenvalue weighted by atomic mass is 32.2. The number of nitrogens with zero attached hydrogens (tertiary/aromatic N) is 1. The second-order valence-corrected chi connectivity index (χ2v) is 7.23. The fourth-order valence-electron chi connectivity index (χ4n) is 3.24. The summed E-state index contributed by atoms with van der Waals surface area (Å²) in [7, 11) is 0. The zero-order valence-corrected chi connectivity index (χ0v) is 15.0. The molecular formula is C18H21N3O2S. The Morgan fingerprint density at radius 1 is 1.25 bits per heavy atom. The summed E-state index contributed by atoms with van der Waals surface area (Å²) in [6.07, 6.45) is 2.83. The van der Waals surface area contributed by atoms with E-state index in [-0.39, 0.29) is 17.3 Å². The van der Waals surface area contributed by atoms with Crippen molar-refractivity contribution < 1.29 is 4.79 Å². The number of aryl methyl sites for hydroxylation is 4. The highest BCUT2D eigenvalue weighted by molar-refractivity contribution is 8.00. The van der Waals surface area contributed by atoms with E-state index in [1.807, 2.05) is 20.8 Å². The van der Waals surface area contributed by atoms with E-state index in [9.17, 15) is 9.59 Å². The standard InChI is InChI=1S/C18H21N3O2S/c1-10-7-11(2)16(12(3)8-10)20-15(22)9-24-17-13-5-4-6-14(13)19-18(23)21-17/h7-8H,4-6,9H2,1-3H3,(H,20,22)(H,19,21,23). The summed E-state index contributed by atoms with van der Waals surface area (Å²) in [4.78, 5) is 30.8. The minimum absolute atomic E-state index is 0.0797. The van der Waals surface area contributed by atoms with Gasteiger partial charge in [-0.25, -0.2) is 4.79 Å². The lowest BCUT2D eigenvalue weighted by Crippen LogP contribution is -2.18. The van der Waals surface area contributed by atoms with Gasteiger partial charge in [-0.2, -0.15) is 4.98 Å². The Kier molecular flexibility index (Phi) is 4.76. The van der Waals surface area contributed by atoms with Crippen LogP contribution in [0.25, 0.3) is 0 Å². The maximum Gasteiger partial charge on any atom is 0.346 e. The number of amides is 1. The maximum atomic E-state index is 12.3. The van der Waals surface area contributed by atoms with Gasteiger partial charge in [0.2, 0.25) is 5.91 Å². The Morgan fingerprint density at radius 3 is 2.67 bits per heavy atom. The molecular weight excluding hydrogens is 322 g/mol. The molecule has 0 saturated carbocycles. The average Bonchev–Trinajstić information content (AvgIpc) is 2.96. The third-order valence-electron chi connectivity index (χ3n) is 4.22. The molecule has 5 nitrogen and oxygen atoms in total. The quantitative estimate of drug-likeness (QED) is 0.661. The van der Waals surface area contributed by atoms with Gasteiger partial charge in [0.1, 0.15) is 5.03 Å². The van der Waals surface area contributed by atoms with Gasteiger partial charge in [0, 0.05) is 16.9 Å². The first-order valence-corrected chi connectivity index (χ1v) is 9.05. The number of H-pyrrole nitrogens is 1. The van der Waals surface area contributed by atoms with Crippen molar-refractivity contribution in [2.45, 2.75) is 45.1 Å². The van der Waals surface area contributed by atoms with Crippen molar-refractivity contribution in [3.63, 3.8) is 0 Å². The third-order valence-corrected chi connectivity index (χ3v) is 5.24. The van der Waals surface area contributed by atoms with E-state index in [0.717, 1.165) is 47.3 Å². The summed E-state index contributed by atoms with van der Waals surface area (Å²) >= 11 is 1.34. The van der Waals surface area contributed by atoms with E-state index < -0.39 is 0 Å². The predicted octanol–water partition coefficient (Wildman–Crippen LogP) is 2.91. The van der Waals surface area contributed by atoms with Gasteiger partial charge in [0.25, 0.3) is 0 Å². The Labute approximate surface area is 145 Å². The van der Waals surface area contributed by atoms with Crippen LogP contribution in [0.5, 0.6) is 0 Å². The summed E-state index contributed by atoms with van der Waals surface area (Å²) in [6.45, 7) is 6.03. The third kappa shape index (κ3) is 3.53. The van der Waals surface area contributed by atoms with Crippen molar-refractivity contribution >= 4 is 23.4 Å². The van der Waals surface area contributed by atoms with E-state index >= 15 is 0 Å². The van der Waals surface area contributed by atoms with Crippen LogP contribution in [0.3, 0.4) is 0 Å². The molecule has 0 spiro atoms. The molecule has 1 aromatic heterocycles. The first kappa shape index (κ1) is 16.8. The zero-order chi connectivity index (χ0) is 17.3. The van der Waals surface area contributed by atoms with Crippen molar-refractivity contribution in [1.29, 1.82) is 0 Å². The number of carbonyl (C=O) groups is 1. The molecule has 0 atom stereocenters. The fraction of sp³-hybridized carbons (Fsp3) is 0.389. The van der Waals surface area contributed by atoms with Crippen molar-refractivity contribution in [2.24, 2.45) is 0 Å². The van der Waals surface area contributed by atoms with Crippen LogP contribution in [0.15, 0.2) is 22.0 Å². The van der Waals surface area contributed by atoms with Crippen molar-refractivity contribution in [3.8, 4) is 0 Å². The summed E-state index contributed by atoms with van der Waals surface area (Å²) in [5, 5.41) is 3.68. The van der Waals surface area contributed by atoms with E-state index in [0.29, 0.717) is 5.03 Å². The number of hydrogen-bond acceptors (Lipinski definition) is 4. The van der Waals surface area contributed by atoms with E-state index in [2.05, 4.69) is 27.4 Å². The Bertz CT molecular complexity index is 835. The molecule has 126 valence electrons. The Hall–Kier alpha value is -2.08. The number of thioether (sulfide) groups is 1. The highest BCUT2D eigenvalue weighted by Gasteiger charge is 2.19. The fourth-order valence-corrected chi connectivity index (χ4v) is 4.13. The van der Waals surface area contributed by atoms with Crippen LogP contribution in [-0.2, 0) is 17.6 Å². The number of aromatic amines is 1. The monoisotopic (exact) mass is 343 g/mol. The maximum absolute atomic E-state index is 12.3. The summed E-state index contributed by atoms with van der Waals surface area (Å²) in [6, 6.07) is 4.11. The topological polar surface area (TPSA) is 74.8 Å². The van der Waals surface area contributed by atoms with Gasteiger partial charge in [0.15, 0.2) is 0 Å². The molecule has 2 aromatic rings. The van der Waals surface area contributed by atoms with Crippen molar-refractivity contribution in [3.05, 3.63) is 50.6 Å². The number of anilines is 1. The first-order chi connectivity index (χ1) is 11.4. The second kappa shape index (κ2) is 6.81. The van der Waals surface area contributed by atoms with E-state index in [1.165, 1.54) is 17.3 Å². The van der Waals surface area contributed by atoms with Crippen molar-refractivity contribution in [1.82, 2.24) is 9.97 Å². The van der Waals surface area contributed by atoms with Crippen LogP contribution in [0.1, 0.15) is 34.4 Å². The highest BCUT2D eigenvalue weighted by Crippen LogP contribution is 2.28. The number of carbonyl (C=O) groups excluding carboxylic acids is 1. The molecule has 0 saturated heterocycles. The van der Waals surface area contributed by atoms with Gasteiger partial charge >= 0.3 is 5.69 Å². The number of rotatable bonds is 4. The summed E-state index contributed by atoms with van der Waals surface area (Å²) in [5.74, 6) is 0.166. The summed E-state index contributed by atoms with van der Waals surface area (Å²) < 4.78 is 0. The van der Waals surface area contributed by atoms with Gasteiger partial charge in [-0.1, -0.05) is 29.5 Å². The number of hydrogen-bond donors (Lipinski definition) is 2. The lowest BCUT2D eigenvalue weighted by Gasteiger charge is -2.13. The minimum atomic E-state index is -0.330. The second-order valence-electron chi connectivity index (χ2n) is 6.27. The smallest absolute Gasteiger partial charge is 0.325 e. The Balaban J connectivity index is 1.70. The predicted molar refractivity (Wildman–Crippen MR) is 96.9 cm³/mol. The van der Waals surface area contributed by atoms with Gasteiger partial charge in [-0.15, -0.1) is 0 Å². The normalized spacial score (nSPS) is 13.0. The molecule has 2 N–H and O–H groups in total. The van der Waals surface area contributed by atoms with Gasteiger partial charge in [0.05, 0.1) is 5.75 Å². The van der Waals surface area contributed by atoms with Crippen LogP contribution in [-0.4, -0.2) is 21.6 Å². The molecule has 0 unspecified atom stereocenters. The lowest BCUT2D eigenvalue weighted by molar-refractivity contribution is -0.113. The van der Waals surface area contributed by atoms with Gasteiger partial charge in [-0.3, -0.25) is 4.79 Å². The number of aromatic nitrogens is 2. The van der Waals surface area contributed by atoms with Crippen LogP contribution < -0.4 is 11.0 Å². The molecule has 0 radical (unpaired) electrons. The lowest BCUT2D eigenvalue weighted by atomic mass is 10.1. The molecule has 3 rings (SSSR count). The molecule has 0 bridgehead atoms. The molecule has 1 aliphatic rings. The van der Waals surface area contributed by atoms with E-state index in [4.69, 9.17) is 0 Å². The first-order valence-electron chi connectivity index (χ1n) is 8.06. The van der Waals surface area contributed by atoms with Crippen LogP contribution in [0.2, 0.25) is 0 Å². The van der Waals surface area contributed by atoms with Gasteiger partial charge < -0.3 is 10.3 Å². The van der Waals surface area contributed by atoms with Crippen LogP contribution >= 0.6 is 11.8 Å². The minimum Gasteiger partial charge on any atom is -0.325 e. The largest absolute Gasteiger partial charge is 0.346 e. The average molecular weight is 343 g/mol. The molecule has 1 aliphatic carbocycles. The molecule has 1 amide bonds. The molecule has 0 aliphatic heterocycles. The number of nitrogens with one attached hydrogen (secondary N) is 2. The van der Waals surface area contributed by atoms with Gasteiger partial charge in [-0.05, 0) is 51.2 Å². The zero-order valence-electron chi connectivity index (χ0n) is 14.2. The number of fused-ring (bicyclic) bond motifs is 1. The van der Waals surface area contributed by atoms with Crippen molar-refractivity contribution in [2.75, 3.05) is 11.1 Å². The van der Waals surface area contributed by atoms with Crippen LogP contribution in [0, 0.1) is 20.8 Å². The number of benzene rings is 1. The Morgan fingerprint density at radius 2 is 1.96 bits per heavy atom. The van der Waals surface area contributed by atoms with Crippen LogP contribution in [0.4, 0.5) is 5.69 Å². The summed E-state index contributed by atoms with van der Waals surface area (Å²) in [5.41, 5.74) is 5.90. The molecule has 1 heterocycles. The SMILES string of the molecule is Cc1cc(C)c(NC(=O)CSc2nc(=O)[nH]c3c2CCC3)c(C)c1. The molecule has 24 heavy (non-hydrogen) atoms. The molecule has 0 fully saturated rings. The molecule has 1 aromatic carbocycles. The van der Waals surface area contributed by atoms with E-state index in [1.54, 1.807) is 0 Å².